The molecular formula is C22H29N5O9S. The van der Waals surface area contributed by atoms with Crippen molar-refractivity contribution in [1.82, 2.24) is 20.0 Å². The van der Waals surface area contributed by atoms with Crippen LogP contribution in [0.2, 0.25) is 0 Å². The molecule has 1 rings (SSSR count). The third kappa shape index (κ3) is 15.1. The standard InChI is InChI=1S/C22H29N5O9S/c28-18(23-9-16-1-3-17(4-2-16)24-15-37)10-25(5-7-26(11-19(29)30)12-20(31)32)6-8-27(13-21(33)34)14-22(35)36/h1-4H,5-14H2,(H,23,28)(H,29,30)(H,31,32)(H,33,34)(H,35,36). The van der Waals surface area contributed by atoms with Crippen LogP contribution in [0.25, 0.3) is 0 Å². The van der Waals surface area contributed by atoms with E-state index >= 15 is 0 Å². The molecule has 0 heterocycles. The Bertz CT molecular complexity index is 927. The summed E-state index contributed by atoms with van der Waals surface area (Å²) in [6.45, 7) is -1.95. The number of aliphatic carboxylic acids is 4. The average molecular weight is 540 g/mol. The van der Waals surface area contributed by atoms with Gasteiger partial charge in [-0.05, 0) is 29.9 Å². The zero-order chi connectivity index (χ0) is 27.8. The minimum Gasteiger partial charge on any atom is -0.480 e. The molecule has 202 valence electrons. The molecule has 0 saturated carbocycles. The van der Waals surface area contributed by atoms with Crippen LogP contribution in [0.15, 0.2) is 29.3 Å². The van der Waals surface area contributed by atoms with Gasteiger partial charge in [0.25, 0.3) is 0 Å². The molecule has 0 aliphatic rings. The number of nitrogens with zero attached hydrogens (tertiary/aromatic N) is 4. The molecule has 5 N–H and O–H groups in total. The fourth-order valence-corrected chi connectivity index (χ4v) is 3.33. The Balaban J connectivity index is 2.85. The van der Waals surface area contributed by atoms with E-state index in [1.54, 1.807) is 29.2 Å². The van der Waals surface area contributed by atoms with Crippen LogP contribution in [0.1, 0.15) is 5.56 Å². The van der Waals surface area contributed by atoms with Gasteiger partial charge in [0.05, 0.1) is 43.6 Å². The van der Waals surface area contributed by atoms with Gasteiger partial charge in [0, 0.05) is 32.7 Å². The summed E-state index contributed by atoms with van der Waals surface area (Å²) < 4.78 is 0. The summed E-state index contributed by atoms with van der Waals surface area (Å²) in [6.07, 6.45) is 0. The first kappa shape index (κ1) is 31.3. The van der Waals surface area contributed by atoms with Crippen LogP contribution in [0.4, 0.5) is 5.69 Å². The number of thiocarbonyl (C=S) groups is 1. The highest BCUT2D eigenvalue weighted by molar-refractivity contribution is 7.78. The third-order valence-corrected chi connectivity index (χ3v) is 4.96. The normalized spacial score (nSPS) is 10.8. The molecule has 14 nitrogen and oxygen atoms in total. The van der Waals surface area contributed by atoms with Crippen LogP contribution in [0.3, 0.4) is 0 Å². The predicted octanol–water partition coefficient (Wildman–Crippen LogP) is -0.718. The summed E-state index contributed by atoms with van der Waals surface area (Å²) in [7, 11) is 0. The third-order valence-electron chi connectivity index (χ3n) is 4.87. The molecule has 37 heavy (non-hydrogen) atoms. The molecule has 15 heteroatoms. The van der Waals surface area contributed by atoms with Crippen molar-refractivity contribution in [2.45, 2.75) is 6.54 Å². The molecule has 0 radical (unpaired) electrons. The Hall–Kier alpha value is -3.75. The lowest BCUT2D eigenvalue weighted by atomic mass is 10.2. The molecule has 1 aromatic carbocycles. The summed E-state index contributed by atoms with van der Waals surface area (Å²) >= 11 is 4.55. The first-order valence-corrected chi connectivity index (χ1v) is 11.4. The first-order chi connectivity index (χ1) is 17.5. The molecule has 0 fully saturated rings. The zero-order valence-electron chi connectivity index (χ0n) is 19.9. The molecule has 0 aromatic heterocycles. The minimum absolute atomic E-state index is 0.00834. The quantitative estimate of drug-likeness (QED) is 0.109. The van der Waals surface area contributed by atoms with Gasteiger partial charge < -0.3 is 25.7 Å². The monoisotopic (exact) mass is 539 g/mol. The summed E-state index contributed by atoms with van der Waals surface area (Å²) in [5.41, 5.74) is 1.39. The van der Waals surface area contributed by atoms with Gasteiger partial charge in [-0.15, -0.1) is 0 Å². The van der Waals surface area contributed by atoms with Gasteiger partial charge in [-0.1, -0.05) is 12.1 Å². The highest BCUT2D eigenvalue weighted by atomic mass is 32.1. The van der Waals surface area contributed by atoms with Crippen molar-refractivity contribution in [1.29, 1.82) is 0 Å². The number of aliphatic imine (C=N–C) groups is 1. The number of carbonyl (C=O) groups excluding carboxylic acids is 1. The van der Waals surface area contributed by atoms with Crippen LogP contribution < -0.4 is 5.32 Å². The smallest absolute Gasteiger partial charge is 0.317 e. The minimum atomic E-state index is -1.22. The van der Waals surface area contributed by atoms with E-state index in [4.69, 9.17) is 20.4 Å². The van der Waals surface area contributed by atoms with Crippen molar-refractivity contribution in [3.05, 3.63) is 29.8 Å². The first-order valence-electron chi connectivity index (χ1n) is 11.0. The van der Waals surface area contributed by atoms with E-state index in [2.05, 4.69) is 27.7 Å². The van der Waals surface area contributed by atoms with Crippen LogP contribution in [0.5, 0.6) is 0 Å². The molecule has 0 spiro atoms. The molecule has 0 saturated heterocycles. The van der Waals surface area contributed by atoms with E-state index in [1.807, 2.05) is 0 Å². The number of hydrogen-bond donors (Lipinski definition) is 5. The van der Waals surface area contributed by atoms with Crippen molar-refractivity contribution in [3.63, 3.8) is 0 Å². The van der Waals surface area contributed by atoms with Crippen molar-refractivity contribution in [3.8, 4) is 0 Å². The topological polar surface area (TPSA) is 200 Å². The van der Waals surface area contributed by atoms with Gasteiger partial charge >= 0.3 is 23.9 Å². The number of hydrogen-bond acceptors (Lipinski definition) is 10. The summed E-state index contributed by atoms with van der Waals surface area (Å²) in [5, 5.41) is 41.1. The maximum absolute atomic E-state index is 12.6. The molecule has 0 atom stereocenters. The Morgan fingerprint density at radius 3 is 1.49 bits per heavy atom. The maximum Gasteiger partial charge on any atom is 0.317 e. The second-order valence-corrected chi connectivity index (χ2v) is 8.10. The Labute approximate surface area is 217 Å². The molecule has 0 aliphatic carbocycles. The molecule has 0 aliphatic heterocycles. The highest BCUT2D eigenvalue weighted by Crippen LogP contribution is 2.12. The lowest BCUT2D eigenvalue weighted by Crippen LogP contribution is -2.47. The number of carboxylic acids is 4. The van der Waals surface area contributed by atoms with E-state index in [-0.39, 0.29) is 39.3 Å². The summed E-state index contributed by atoms with van der Waals surface area (Å²) in [4.78, 5) is 64.6. The fraction of sp³-hybridized carbons (Fsp3) is 0.455. The van der Waals surface area contributed by atoms with Crippen LogP contribution >= 0.6 is 12.2 Å². The predicted molar refractivity (Wildman–Crippen MR) is 133 cm³/mol. The van der Waals surface area contributed by atoms with Gasteiger partial charge in [0.15, 0.2) is 0 Å². The van der Waals surface area contributed by atoms with Crippen molar-refractivity contribution >= 4 is 52.9 Å². The lowest BCUT2D eigenvalue weighted by Gasteiger charge is -2.28. The molecule has 1 aromatic rings. The van der Waals surface area contributed by atoms with Crippen molar-refractivity contribution in [2.75, 3.05) is 58.9 Å². The molecule has 0 unspecified atom stereocenters. The molecular weight excluding hydrogens is 510 g/mol. The van der Waals surface area contributed by atoms with Gasteiger partial charge in [0.2, 0.25) is 5.91 Å². The van der Waals surface area contributed by atoms with Crippen molar-refractivity contribution in [2.24, 2.45) is 4.99 Å². The van der Waals surface area contributed by atoms with Crippen LogP contribution in [-0.4, -0.2) is 129 Å². The number of nitrogens with one attached hydrogen (secondary N) is 1. The van der Waals surface area contributed by atoms with E-state index in [0.717, 1.165) is 5.56 Å². The highest BCUT2D eigenvalue weighted by Gasteiger charge is 2.19. The van der Waals surface area contributed by atoms with E-state index in [1.165, 1.54) is 9.80 Å². The molecule has 1 amide bonds. The Morgan fingerprint density at radius 1 is 0.703 bits per heavy atom. The summed E-state index contributed by atoms with van der Waals surface area (Å²) in [5.74, 6) is -5.28. The van der Waals surface area contributed by atoms with Gasteiger partial charge in [-0.2, -0.15) is 4.99 Å². The number of carboxylic acid groups (broad SMARTS) is 4. The van der Waals surface area contributed by atoms with Gasteiger partial charge in [0.1, 0.15) is 0 Å². The van der Waals surface area contributed by atoms with E-state index in [9.17, 15) is 24.0 Å². The Kier molecular flexibility index (Phi) is 14.2. The zero-order valence-corrected chi connectivity index (χ0v) is 20.7. The summed E-state index contributed by atoms with van der Waals surface area (Å²) in [6, 6.07) is 6.89. The number of amides is 1. The van der Waals surface area contributed by atoms with E-state index < -0.39 is 56.0 Å². The van der Waals surface area contributed by atoms with Crippen molar-refractivity contribution < 1.29 is 44.4 Å². The number of isothiocyanates is 1. The maximum atomic E-state index is 12.6. The van der Waals surface area contributed by atoms with Crippen LogP contribution in [-0.2, 0) is 30.5 Å². The SMILES string of the molecule is O=C(O)CN(CCN(CCN(CC(=O)O)CC(=O)O)CC(=O)NCc1ccc(N=C=S)cc1)CC(=O)O. The van der Waals surface area contributed by atoms with Gasteiger partial charge in [-0.25, -0.2) is 0 Å². The number of benzene rings is 1. The Morgan fingerprint density at radius 2 is 1.11 bits per heavy atom. The van der Waals surface area contributed by atoms with Gasteiger partial charge in [-0.3, -0.25) is 38.7 Å². The molecule has 0 bridgehead atoms. The fourth-order valence-electron chi connectivity index (χ4n) is 3.23. The second kappa shape index (κ2) is 16.8. The number of carbonyl (C=O) groups is 5. The van der Waals surface area contributed by atoms with E-state index in [0.29, 0.717) is 5.69 Å². The second-order valence-electron chi connectivity index (χ2n) is 7.92. The average Bonchev–Trinajstić information content (AvgIpc) is 2.78. The number of rotatable bonds is 19. The lowest BCUT2D eigenvalue weighted by molar-refractivity contribution is -0.143. The largest absolute Gasteiger partial charge is 0.480 e. The van der Waals surface area contributed by atoms with Crippen LogP contribution in [0, 0.1) is 0 Å².